The van der Waals surface area contributed by atoms with Crippen LogP contribution in [0.3, 0.4) is 0 Å². The standard InChI is InChI=1S/C23H32N2O10S/c1-14(26)23(15(2)27,16(3)28)19(30)6-12-36-18-13-21(32)25(22(18)33)8-5-20(31)24-7-9-34-10-11-35-17(4)29/h18H,5-13H2,1-4H3,(H,24,31). The summed E-state index contributed by atoms with van der Waals surface area (Å²) < 4.78 is 9.88. The molecule has 200 valence electrons. The molecule has 0 aromatic heterocycles. The Morgan fingerprint density at radius 1 is 0.944 bits per heavy atom. The lowest BCUT2D eigenvalue weighted by Crippen LogP contribution is -2.50. The highest BCUT2D eigenvalue weighted by atomic mass is 32.2. The van der Waals surface area contributed by atoms with Gasteiger partial charge in [-0.2, -0.15) is 0 Å². The van der Waals surface area contributed by atoms with Crippen LogP contribution in [0.1, 0.15) is 47.0 Å². The molecule has 0 aromatic carbocycles. The molecule has 3 amide bonds. The predicted octanol–water partition coefficient (Wildman–Crippen LogP) is -0.354. The molecule has 1 rings (SSSR count). The van der Waals surface area contributed by atoms with E-state index in [0.29, 0.717) is 0 Å². The van der Waals surface area contributed by atoms with Crippen molar-refractivity contribution in [2.24, 2.45) is 5.41 Å². The summed E-state index contributed by atoms with van der Waals surface area (Å²) in [5, 5.41) is 1.83. The maximum atomic E-state index is 12.6. The van der Waals surface area contributed by atoms with Crippen molar-refractivity contribution in [1.82, 2.24) is 10.2 Å². The van der Waals surface area contributed by atoms with E-state index in [4.69, 9.17) is 9.47 Å². The van der Waals surface area contributed by atoms with Gasteiger partial charge in [0.1, 0.15) is 6.61 Å². The molecule has 0 bridgehead atoms. The van der Waals surface area contributed by atoms with Gasteiger partial charge in [-0.15, -0.1) is 11.8 Å². The van der Waals surface area contributed by atoms with Gasteiger partial charge in [0.05, 0.1) is 18.5 Å². The molecule has 13 heteroatoms. The van der Waals surface area contributed by atoms with Crippen LogP contribution in [0, 0.1) is 5.41 Å². The highest BCUT2D eigenvalue weighted by Crippen LogP contribution is 2.29. The smallest absolute Gasteiger partial charge is 0.302 e. The molecule has 1 unspecified atom stereocenters. The van der Waals surface area contributed by atoms with Crippen molar-refractivity contribution >= 4 is 58.6 Å². The first-order valence-electron chi connectivity index (χ1n) is 11.4. The molecular formula is C23H32N2O10S. The zero-order valence-electron chi connectivity index (χ0n) is 20.9. The van der Waals surface area contributed by atoms with Gasteiger partial charge in [0.2, 0.25) is 23.1 Å². The van der Waals surface area contributed by atoms with Crippen LogP contribution in [0.2, 0.25) is 0 Å². The normalized spacial score (nSPS) is 15.6. The van der Waals surface area contributed by atoms with Gasteiger partial charge in [0, 0.05) is 45.0 Å². The van der Waals surface area contributed by atoms with Crippen molar-refractivity contribution in [1.29, 1.82) is 0 Å². The topological polar surface area (TPSA) is 170 Å². The van der Waals surface area contributed by atoms with E-state index in [9.17, 15) is 38.4 Å². The van der Waals surface area contributed by atoms with Gasteiger partial charge in [-0.05, 0) is 20.8 Å². The lowest BCUT2D eigenvalue weighted by atomic mass is 9.72. The molecule has 1 aliphatic rings. The number of likely N-dealkylation sites (tertiary alicyclic amines) is 1. The van der Waals surface area contributed by atoms with Crippen molar-refractivity contribution in [3.05, 3.63) is 0 Å². The largest absolute Gasteiger partial charge is 0.463 e. The second-order valence-corrected chi connectivity index (χ2v) is 9.40. The molecule has 1 saturated heterocycles. The molecule has 0 saturated carbocycles. The maximum absolute atomic E-state index is 12.6. The maximum Gasteiger partial charge on any atom is 0.302 e. The van der Waals surface area contributed by atoms with E-state index in [1.54, 1.807) is 0 Å². The molecule has 1 N–H and O–H groups in total. The first-order chi connectivity index (χ1) is 16.8. The number of nitrogens with one attached hydrogen (secondary N) is 1. The lowest BCUT2D eigenvalue weighted by Gasteiger charge is -2.24. The number of hydrogen-bond acceptors (Lipinski definition) is 11. The summed E-state index contributed by atoms with van der Waals surface area (Å²) in [6.07, 6.45) is -0.501. The summed E-state index contributed by atoms with van der Waals surface area (Å²) in [5.41, 5.74) is -2.33. The summed E-state index contributed by atoms with van der Waals surface area (Å²) in [4.78, 5) is 97.0. The van der Waals surface area contributed by atoms with Gasteiger partial charge in [-0.25, -0.2) is 0 Å². The van der Waals surface area contributed by atoms with Gasteiger partial charge < -0.3 is 14.8 Å². The molecule has 36 heavy (non-hydrogen) atoms. The monoisotopic (exact) mass is 528 g/mol. The van der Waals surface area contributed by atoms with Crippen molar-refractivity contribution in [2.75, 3.05) is 38.7 Å². The number of carbonyl (C=O) groups excluding carboxylic acids is 8. The summed E-state index contributed by atoms with van der Waals surface area (Å²) >= 11 is 1.02. The number of carbonyl (C=O) groups is 8. The van der Waals surface area contributed by atoms with Gasteiger partial charge in [-0.1, -0.05) is 0 Å². The minimum absolute atomic E-state index is 0.0316. The Bertz CT molecular complexity index is 881. The predicted molar refractivity (Wildman–Crippen MR) is 127 cm³/mol. The molecule has 1 fully saturated rings. The Hall–Kier alpha value is -2.93. The van der Waals surface area contributed by atoms with Crippen LogP contribution in [-0.2, 0) is 47.8 Å². The van der Waals surface area contributed by atoms with Gasteiger partial charge in [-0.3, -0.25) is 43.3 Å². The van der Waals surface area contributed by atoms with Crippen molar-refractivity contribution in [2.45, 2.75) is 52.2 Å². The molecule has 0 radical (unpaired) electrons. The second kappa shape index (κ2) is 14.6. The Labute approximate surface area is 213 Å². The van der Waals surface area contributed by atoms with Gasteiger partial charge >= 0.3 is 5.97 Å². The number of hydrogen-bond donors (Lipinski definition) is 1. The third kappa shape index (κ3) is 8.33. The molecule has 1 atom stereocenters. The summed E-state index contributed by atoms with van der Waals surface area (Å²) in [6, 6.07) is 0. The Morgan fingerprint density at radius 3 is 2.11 bits per heavy atom. The first-order valence-corrected chi connectivity index (χ1v) is 12.4. The number of imide groups is 1. The van der Waals surface area contributed by atoms with E-state index in [0.717, 1.165) is 37.4 Å². The third-order valence-corrected chi connectivity index (χ3v) is 6.73. The fourth-order valence-corrected chi connectivity index (χ4v) is 4.86. The fraction of sp³-hybridized carbons (Fsp3) is 0.652. The number of esters is 1. The van der Waals surface area contributed by atoms with Crippen LogP contribution >= 0.6 is 11.8 Å². The minimum atomic E-state index is -2.33. The second-order valence-electron chi connectivity index (χ2n) is 8.09. The number of thioether (sulfide) groups is 1. The van der Waals surface area contributed by atoms with Crippen LogP contribution in [-0.4, -0.2) is 95.6 Å². The Morgan fingerprint density at radius 2 is 1.56 bits per heavy atom. The highest BCUT2D eigenvalue weighted by molar-refractivity contribution is 8.00. The summed E-state index contributed by atoms with van der Waals surface area (Å²) in [5.74, 6) is -5.07. The number of Topliss-reactive ketones (excluding diaryl/α,β-unsaturated/α-hetero) is 4. The Balaban J connectivity index is 2.45. The summed E-state index contributed by atoms with van der Waals surface area (Å²) in [6.45, 7) is 4.93. The van der Waals surface area contributed by atoms with Crippen molar-refractivity contribution < 1.29 is 47.8 Å². The van der Waals surface area contributed by atoms with E-state index < -0.39 is 51.6 Å². The van der Waals surface area contributed by atoms with Crippen LogP contribution < -0.4 is 5.32 Å². The third-order valence-electron chi connectivity index (χ3n) is 5.52. The number of amides is 3. The zero-order chi connectivity index (χ0) is 27.5. The average Bonchev–Trinajstić information content (AvgIpc) is 3.03. The fourth-order valence-electron chi connectivity index (χ4n) is 3.74. The Kier molecular flexibility index (Phi) is 12.6. The van der Waals surface area contributed by atoms with E-state index in [2.05, 4.69) is 5.32 Å². The van der Waals surface area contributed by atoms with Gasteiger partial charge in [0.25, 0.3) is 0 Å². The number of rotatable bonds is 17. The molecular weight excluding hydrogens is 496 g/mol. The van der Waals surface area contributed by atoms with Crippen LogP contribution in [0.15, 0.2) is 0 Å². The van der Waals surface area contributed by atoms with Crippen molar-refractivity contribution in [3.8, 4) is 0 Å². The molecule has 12 nitrogen and oxygen atoms in total. The lowest BCUT2D eigenvalue weighted by molar-refractivity contribution is -0.153. The minimum Gasteiger partial charge on any atom is -0.463 e. The number of ketones is 4. The van der Waals surface area contributed by atoms with E-state index in [-0.39, 0.29) is 63.8 Å². The SMILES string of the molecule is CC(=O)OCCOCCNC(=O)CCN1C(=O)CC(SCCC(=O)C(C(C)=O)(C(C)=O)C(C)=O)C1=O. The quantitative estimate of drug-likeness (QED) is 0.113. The molecule has 0 aliphatic carbocycles. The van der Waals surface area contributed by atoms with Crippen LogP contribution in [0.4, 0.5) is 0 Å². The highest BCUT2D eigenvalue weighted by Gasteiger charge is 2.51. The molecule has 0 aromatic rings. The van der Waals surface area contributed by atoms with Crippen molar-refractivity contribution in [3.63, 3.8) is 0 Å². The van der Waals surface area contributed by atoms with Crippen LogP contribution in [0.25, 0.3) is 0 Å². The van der Waals surface area contributed by atoms with E-state index in [1.165, 1.54) is 6.92 Å². The average molecular weight is 529 g/mol. The van der Waals surface area contributed by atoms with E-state index in [1.807, 2.05) is 0 Å². The number of nitrogens with zero attached hydrogens (tertiary/aromatic N) is 1. The molecule has 0 spiro atoms. The molecule has 1 heterocycles. The summed E-state index contributed by atoms with van der Waals surface area (Å²) in [7, 11) is 0. The first kappa shape index (κ1) is 31.1. The zero-order valence-corrected chi connectivity index (χ0v) is 21.7. The van der Waals surface area contributed by atoms with Gasteiger partial charge in [0.15, 0.2) is 23.1 Å². The van der Waals surface area contributed by atoms with Crippen LogP contribution in [0.5, 0.6) is 0 Å². The molecule has 1 aliphatic heterocycles. The number of ether oxygens (including phenoxy) is 2. The van der Waals surface area contributed by atoms with E-state index >= 15 is 0 Å².